The Kier molecular flexibility index (Phi) is 6.82. The maximum Gasteiger partial charge on any atom is 0.174 e. The van der Waals surface area contributed by atoms with Gasteiger partial charge in [0.2, 0.25) is 0 Å². The molecule has 2 atom stereocenters. The van der Waals surface area contributed by atoms with Crippen molar-refractivity contribution in [1.82, 2.24) is 14.9 Å². The predicted molar refractivity (Wildman–Crippen MR) is 154 cm³/mol. The Labute approximate surface area is 227 Å². The topological polar surface area (TPSA) is 33.1 Å². The largest absolute Gasteiger partial charge is 0.351 e. The van der Waals surface area contributed by atoms with Crippen LogP contribution in [0.25, 0.3) is 5.69 Å². The first-order valence-corrected chi connectivity index (χ1v) is 13.2. The molecule has 2 aromatic carbocycles. The van der Waals surface area contributed by atoms with Gasteiger partial charge in [-0.2, -0.15) is 0 Å². The number of aryl methyl sites for hydroxylation is 1. The molecule has 0 saturated carbocycles. The van der Waals surface area contributed by atoms with E-state index in [9.17, 15) is 0 Å². The van der Waals surface area contributed by atoms with E-state index in [2.05, 4.69) is 77.8 Å². The van der Waals surface area contributed by atoms with Gasteiger partial charge in [0.15, 0.2) is 5.11 Å². The SMILES string of the molecule is Cc1cc(C2C(c3ccccn3)NC(=S)N2c2ccc(C(C)C)cc2)c(C)n1-c1cccc(Cl)c1Cl. The van der Waals surface area contributed by atoms with Gasteiger partial charge in [-0.1, -0.05) is 61.3 Å². The summed E-state index contributed by atoms with van der Waals surface area (Å²) in [6.45, 7) is 8.61. The number of thiocarbonyl (C=S) groups is 1. The Morgan fingerprint density at radius 1 is 0.972 bits per heavy atom. The second-order valence-electron chi connectivity index (χ2n) is 9.48. The first kappa shape index (κ1) is 24.8. The summed E-state index contributed by atoms with van der Waals surface area (Å²) in [6.07, 6.45) is 1.83. The first-order valence-electron chi connectivity index (χ1n) is 12.0. The molecule has 5 rings (SSSR count). The lowest BCUT2D eigenvalue weighted by molar-refractivity contribution is 0.565. The Bertz CT molecular complexity index is 1410. The molecule has 4 nitrogen and oxygen atoms in total. The highest BCUT2D eigenvalue weighted by atomic mass is 35.5. The van der Waals surface area contributed by atoms with Gasteiger partial charge < -0.3 is 14.8 Å². The third kappa shape index (κ3) is 4.30. The number of benzene rings is 2. The smallest absolute Gasteiger partial charge is 0.174 e. The Hall–Kier alpha value is -2.86. The van der Waals surface area contributed by atoms with Gasteiger partial charge in [-0.05, 0) is 85.6 Å². The second-order valence-corrected chi connectivity index (χ2v) is 10.6. The predicted octanol–water partition coefficient (Wildman–Crippen LogP) is 8.10. The molecule has 0 aliphatic carbocycles. The summed E-state index contributed by atoms with van der Waals surface area (Å²) in [7, 11) is 0. The minimum atomic E-state index is -0.118. The third-order valence-electron chi connectivity index (χ3n) is 6.90. The van der Waals surface area contributed by atoms with E-state index < -0.39 is 0 Å². The monoisotopic (exact) mass is 534 g/mol. The van der Waals surface area contributed by atoms with Crippen molar-refractivity contribution in [1.29, 1.82) is 0 Å². The molecule has 1 aliphatic rings. The van der Waals surface area contributed by atoms with Crippen molar-refractivity contribution in [2.24, 2.45) is 0 Å². The zero-order valence-electron chi connectivity index (χ0n) is 20.7. The highest BCUT2D eigenvalue weighted by molar-refractivity contribution is 7.80. The van der Waals surface area contributed by atoms with Crippen LogP contribution in [0.4, 0.5) is 5.69 Å². The maximum atomic E-state index is 6.65. The molecule has 2 aromatic heterocycles. The summed E-state index contributed by atoms with van der Waals surface area (Å²) >= 11 is 18.9. The first-order chi connectivity index (χ1) is 17.3. The summed E-state index contributed by atoms with van der Waals surface area (Å²) in [6, 6.07) is 22.4. The van der Waals surface area contributed by atoms with Gasteiger partial charge in [-0.3, -0.25) is 4.98 Å². The molecule has 184 valence electrons. The number of pyridine rings is 1. The molecule has 3 heterocycles. The average Bonchev–Trinajstić information content (AvgIpc) is 3.36. The molecular formula is C29H28Cl2N4S. The van der Waals surface area contributed by atoms with Crippen LogP contribution in [-0.4, -0.2) is 14.7 Å². The summed E-state index contributed by atoms with van der Waals surface area (Å²) in [5.74, 6) is 0.459. The van der Waals surface area contributed by atoms with Crippen molar-refractivity contribution in [3.8, 4) is 5.69 Å². The van der Waals surface area contributed by atoms with Crippen LogP contribution < -0.4 is 10.2 Å². The van der Waals surface area contributed by atoms with Crippen LogP contribution in [0.3, 0.4) is 0 Å². The average molecular weight is 536 g/mol. The minimum absolute atomic E-state index is 0.102. The summed E-state index contributed by atoms with van der Waals surface area (Å²) in [5.41, 5.74) is 7.45. The van der Waals surface area contributed by atoms with Crippen molar-refractivity contribution in [2.75, 3.05) is 4.90 Å². The molecule has 2 unspecified atom stereocenters. The van der Waals surface area contributed by atoms with Gasteiger partial charge in [0.25, 0.3) is 0 Å². The highest BCUT2D eigenvalue weighted by Gasteiger charge is 2.42. The maximum absolute atomic E-state index is 6.65. The highest BCUT2D eigenvalue weighted by Crippen LogP contribution is 2.44. The fourth-order valence-electron chi connectivity index (χ4n) is 5.09. The van der Waals surface area contributed by atoms with Crippen molar-refractivity contribution in [3.05, 3.63) is 111 Å². The van der Waals surface area contributed by atoms with Crippen LogP contribution in [0.2, 0.25) is 10.0 Å². The number of rotatable bonds is 5. The lowest BCUT2D eigenvalue weighted by atomic mass is 9.96. The standard InChI is InChI=1S/C29H28Cl2N4S/c1-17(2)20-11-13-21(14-12-20)35-28(27(33-29(35)36)24-9-5-6-15-32-24)22-16-18(3)34(19(22)4)25-10-7-8-23(30)26(25)31/h5-17,27-28H,1-4H3,(H,33,36). The van der Waals surface area contributed by atoms with E-state index in [0.717, 1.165) is 34.0 Å². The summed E-state index contributed by atoms with van der Waals surface area (Å²) < 4.78 is 2.17. The Morgan fingerprint density at radius 2 is 1.72 bits per heavy atom. The lowest BCUT2D eigenvalue weighted by Crippen LogP contribution is -2.29. The van der Waals surface area contributed by atoms with Crippen molar-refractivity contribution < 1.29 is 0 Å². The molecule has 0 spiro atoms. The number of aromatic nitrogens is 2. The normalized spacial score (nSPS) is 17.6. The van der Waals surface area contributed by atoms with Crippen molar-refractivity contribution in [3.63, 3.8) is 0 Å². The number of nitrogens with zero attached hydrogens (tertiary/aromatic N) is 3. The van der Waals surface area contributed by atoms with Crippen LogP contribution in [0, 0.1) is 13.8 Å². The van der Waals surface area contributed by atoms with E-state index in [0.29, 0.717) is 21.1 Å². The van der Waals surface area contributed by atoms with Gasteiger partial charge >= 0.3 is 0 Å². The van der Waals surface area contributed by atoms with Crippen LogP contribution in [-0.2, 0) is 0 Å². The van der Waals surface area contributed by atoms with Crippen LogP contribution in [0.5, 0.6) is 0 Å². The van der Waals surface area contributed by atoms with Crippen molar-refractivity contribution >= 4 is 46.2 Å². The van der Waals surface area contributed by atoms with Crippen LogP contribution in [0.15, 0.2) is 72.9 Å². The van der Waals surface area contributed by atoms with Gasteiger partial charge in [0.1, 0.15) is 0 Å². The third-order valence-corrected chi connectivity index (χ3v) is 8.02. The summed E-state index contributed by atoms with van der Waals surface area (Å²) in [4.78, 5) is 6.90. The van der Waals surface area contributed by atoms with Gasteiger partial charge in [-0.15, -0.1) is 0 Å². The van der Waals surface area contributed by atoms with E-state index in [1.165, 1.54) is 5.56 Å². The molecule has 1 fully saturated rings. The molecule has 0 bridgehead atoms. The van der Waals surface area contributed by atoms with Gasteiger partial charge in [0.05, 0.1) is 33.5 Å². The molecule has 4 aromatic rings. The lowest BCUT2D eigenvalue weighted by Gasteiger charge is -2.28. The fraction of sp³-hybridized carbons (Fsp3) is 0.241. The Balaban J connectivity index is 1.68. The fourth-order valence-corrected chi connectivity index (χ4v) is 5.82. The molecule has 7 heteroatoms. The van der Waals surface area contributed by atoms with Crippen LogP contribution in [0.1, 0.15) is 60.1 Å². The number of hydrogen-bond donors (Lipinski definition) is 1. The van der Waals surface area contributed by atoms with E-state index in [1.54, 1.807) is 6.07 Å². The molecule has 1 aliphatic heterocycles. The minimum Gasteiger partial charge on any atom is -0.351 e. The number of halogens is 2. The second kappa shape index (κ2) is 9.89. The van der Waals surface area contributed by atoms with E-state index >= 15 is 0 Å². The Morgan fingerprint density at radius 3 is 2.39 bits per heavy atom. The van der Waals surface area contributed by atoms with E-state index in [4.69, 9.17) is 35.4 Å². The van der Waals surface area contributed by atoms with Crippen molar-refractivity contribution in [2.45, 2.75) is 45.7 Å². The molecule has 1 saturated heterocycles. The summed E-state index contributed by atoms with van der Waals surface area (Å²) in [5, 5.41) is 5.31. The quantitative estimate of drug-likeness (QED) is 0.262. The molecule has 0 amide bonds. The van der Waals surface area contributed by atoms with E-state index in [-0.39, 0.29) is 12.1 Å². The molecule has 0 radical (unpaired) electrons. The van der Waals surface area contributed by atoms with Gasteiger partial charge in [0, 0.05) is 23.3 Å². The van der Waals surface area contributed by atoms with E-state index in [1.807, 2.05) is 36.5 Å². The molecular weight excluding hydrogens is 507 g/mol. The molecule has 1 N–H and O–H groups in total. The zero-order chi connectivity index (χ0) is 25.6. The number of anilines is 1. The van der Waals surface area contributed by atoms with Crippen LogP contribution >= 0.6 is 35.4 Å². The van der Waals surface area contributed by atoms with Gasteiger partial charge in [-0.25, -0.2) is 0 Å². The number of nitrogens with one attached hydrogen (secondary N) is 1. The number of hydrogen-bond acceptors (Lipinski definition) is 2. The zero-order valence-corrected chi connectivity index (χ0v) is 23.0. The molecule has 36 heavy (non-hydrogen) atoms.